The van der Waals surface area contributed by atoms with Crippen molar-refractivity contribution in [1.29, 1.82) is 0 Å². The summed E-state index contributed by atoms with van der Waals surface area (Å²) in [5.41, 5.74) is 5.63. The van der Waals surface area contributed by atoms with E-state index < -0.39 is 0 Å². The van der Waals surface area contributed by atoms with Gasteiger partial charge in [-0.2, -0.15) is 0 Å². The van der Waals surface area contributed by atoms with E-state index in [0.29, 0.717) is 17.1 Å². The second kappa shape index (κ2) is 7.71. The Morgan fingerprint density at radius 3 is 2.48 bits per heavy atom. The molecule has 5 aromatic rings. The summed E-state index contributed by atoms with van der Waals surface area (Å²) >= 11 is 6.07. The standard InChI is InChI=1S/C26H22ClN3O/c1-17-8-13-23-22(14-17)24-25(29(23)15-19-9-11-21(27)12-10-19)26(31)30(16-28-24)18(2)20-6-4-3-5-7-20/h3-14,16,18H,15H2,1-2H3/t18-/m0/s1. The van der Waals surface area contributed by atoms with Crippen LogP contribution in [0, 0.1) is 6.92 Å². The molecule has 1 atom stereocenters. The predicted molar refractivity (Wildman–Crippen MR) is 127 cm³/mol. The van der Waals surface area contributed by atoms with Gasteiger partial charge >= 0.3 is 0 Å². The van der Waals surface area contributed by atoms with Crippen LogP contribution in [0.5, 0.6) is 0 Å². The van der Waals surface area contributed by atoms with Gasteiger partial charge in [-0.3, -0.25) is 9.36 Å². The summed E-state index contributed by atoms with van der Waals surface area (Å²) in [6.45, 7) is 4.65. The molecule has 0 amide bonds. The molecule has 0 saturated heterocycles. The molecule has 0 radical (unpaired) electrons. The lowest BCUT2D eigenvalue weighted by Gasteiger charge is -2.16. The minimum atomic E-state index is -0.116. The molecule has 2 aromatic heterocycles. The van der Waals surface area contributed by atoms with Gasteiger partial charge in [0.05, 0.1) is 17.9 Å². The van der Waals surface area contributed by atoms with Gasteiger partial charge in [-0.25, -0.2) is 4.98 Å². The number of halogens is 1. The number of aryl methyl sites for hydroxylation is 1. The van der Waals surface area contributed by atoms with Crippen molar-refractivity contribution in [2.24, 2.45) is 0 Å². The van der Waals surface area contributed by atoms with E-state index in [9.17, 15) is 4.79 Å². The van der Waals surface area contributed by atoms with Gasteiger partial charge in [-0.1, -0.05) is 65.7 Å². The summed E-state index contributed by atoms with van der Waals surface area (Å²) in [7, 11) is 0. The number of rotatable bonds is 4. The topological polar surface area (TPSA) is 39.8 Å². The third-order valence-electron chi connectivity index (χ3n) is 5.89. The average molecular weight is 428 g/mol. The number of fused-ring (bicyclic) bond motifs is 3. The average Bonchev–Trinajstić information content (AvgIpc) is 3.09. The highest BCUT2D eigenvalue weighted by molar-refractivity contribution is 6.30. The van der Waals surface area contributed by atoms with Crippen molar-refractivity contribution in [1.82, 2.24) is 14.1 Å². The Hall–Kier alpha value is -3.37. The maximum absolute atomic E-state index is 13.7. The van der Waals surface area contributed by atoms with Gasteiger partial charge in [0.15, 0.2) is 0 Å². The van der Waals surface area contributed by atoms with E-state index in [4.69, 9.17) is 16.6 Å². The van der Waals surface area contributed by atoms with Crippen LogP contribution in [-0.4, -0.2) is 14.1 Å². The Labute approximate surface area is 185 Å². The molecule has 0 unspecified atom stereocenters. The fraction of sp³-hybridized carbons (Fsp3) is 0.154. The Bertz CT molecular complexity index is 1450. The lowest BCUT2D eigenvalue weighted by molar-refractivity contribution is 0.606. The lowest BCUT2D eigenvalue weighted by atomic mass is 10.1. The first-order chi connectivity index (χ1) is 15.0. The van der Waals surface area contributed by atoms with E-state index in [2.05, 4.69) is 29.7 Å². The Kier molecular flexibility index (Phi) is 4.87. The minimum Gasteiger partial charge on any atom is -0.330 e. The van der Waals surface area contributed by atoms with E-state index in [-0.39, 0.29) is 11.6 Å². The van der Waals surface area contributed by atoms with Crippen LogP contribution in [0.15, 0.2) is 83.9 Å². The molecule has 5 heteroatoms. The molecule has 0 fully saturated rings. The summed E-state index contributed by atoms with van der Waals surface area (Å²) in [6, 6.07) is 23.9. The highest BCUT2D eigenvalue weighted by Gasteiger charge is 2.19. The Balaban J connectivity index is 1.76. The van der Waals surface area contributed by atoms with Crippen LogP contribution in [0.2, 0.25) is 5.02 Å². The summed E-state index contributed by atoms with van der Waals surface area (Å²) in [4.78, 5) is 18.5. The molecule has 0 N–H and O–H groups in total. The number of aromatic nitrogens is 3. The molecule has 0 bridgehead atoms. The number of hydrogen-bond acceptors (Lipinski definition) is 2. The molecule has 0 saturated carbocycles. The van der Waals surface area contributed by atoms with E-state index >= 15 is 0 Å². The van der Waals surface area contributed by atoms with Crippen LogP contribution < -0.4 is 5.56 Å². The second-order valence-corrected chi connectivity index (χ2v) is 8.41. The van der Waals surface area contributed by atoms with E-state index in [1.807, 2.05) is 61.5 Å². The van der Waals surface area contributed by atoms with Crippen LogP contribution in [0.25, 0.3) is 21.9 Å². The molecule has 2 heterocycles. The molecule has 154 valence electrons. The van der Waals surface area contributed by atoms with Crippen LogP contribution in [0.1, 0.15) is 29.7 Å². The molecular formula is C26H22ClN3O. The monoisotopic (exact) mass is 427 g/mol. The molecule has 31 heavy (non-hydrogen) atoms. The summed E-state index contributed by atoms with van der Waals surface area (Å²) < 4.78 is 3.80. The molecule has 0 aliphatic carbocycles. The summed E-state index contributed by atoms with van der Waals surface area (Å²) in [6.07, 6.45) is 1.68. The fourth-order valence-electron chi connectivity index (χ4n) is 4.20. The van der Waals surface area contributed by atoms with Crippen molar-refractivity contribution >= 4 is 33.5 Å². The molecular weight excluding hydrogens is 406 g/mol. The summed E-state index contributed by atoms with van der Waals surface area (Å²) in [5.74, 6) is 0. The van der Waals surface area contributed by atoms with Crippen molar-refractivity contribution < 1.29 is 0 Å². The second-order valence-electron chi connectivity index (χ2n) is 7.97. The Morgan fingerprint density at radius 2 is 1.74 bits per heavy atom. The normalized spacial score (nSPS) is 12.5. The van der Waals surface area contributed by atoms with Crippen LogP contribution in [0.4, 0.5) is 0 Å². The van der Waals surface area contributed by atoms with Gasteiger partial charge < -0.3 is 4.57 Å². The Morgan fingerprint density at radius 1 is 1.00 bits per heavy atom. The smallest absolute Gasteiger partial charge is 0.278 e. The van der Waals surface area contributed by atoms with Crippen molar-refractivity contribution in [3.63, 3.8) is 0 Å². The van der Waals surface area contributed by atoms with Crippen LogP contribution in [0.3, 0.4) is 0 Å². The van der Waals surface area contributed by atoms with Crippen molar-refractivity contribution in [2.45, 2.75) is 26.4 Å². The number of hydrogen-bond donors (Lipinski definition) is 0. The van der Waals surface area contributed by atoms with Gasteiger partial charge in [-0.15, -0.1) is 0 Å². The van der Waals surface area contributed by atoms with Crippen LogP contribution in [-0.2, 0) is 6.54 Å². The molecule has 0 aliphatic heterocycles. The zero-order chi connectivity index (χ0) is 21.5. The quantitative estimate of drug-likeness (QED) is 0.354. The zero-order valence-electron chi connectivity index (χ0n) is 17.4. The van der Waals surface area contributed by atoms with E-state index in [0.717, 1.165) is 33.1 Å². The van der Waals surface area contributed by atoms with Crippen molar-refractivity contribution in [3.05, 3.63) is 111 Å². The summed E-state index contributed by atoms with van der Waals surface area (Å²) in [5, 5.41) is 1.70. The zero-order valence-corrected chi connectivity index (χ0v) is 18.2. The van der Waals surface area contributed by atoms with Gasteiger partial charge in [0.25, 0.3) is 5.56 Å². The fourth-order valence-corrected chi connectivity index (χ4v) is 4.32. The lowest BCUT2D eigenvalue weighted by Crippen LogP contribution is -2.26. The highest BCUT2D eigenvalue weighted by atomic mass is 35.5. The number of benzene rings is 3. The molecule has 5 rings (SSSR count). The van der Waals surface area contributed by atoms with Gasteiger partial charge in [0.2, 0.25) is 0 Å². The van der Waals surface area contributed by atoms with Gasteiger partial charge in [0.1, 0.15) is 11.0 Å². The number of nitrogens with zero attached hydrogens (tertiary/aromatic N) is 3. The third kappa shape index (κ3) is 3.43. The molecule has 0 spiro atoms. The van der Waals surface area contributed by atoms with Crippen molar-refractivity contribution in [3.8, 4) is 0 Å². The predicted octanol–water partition coefficient (Wildman–Crippen LogP) is 5.97. The molecule has 4 nitrogen and oxygen atoms in total. The van der Waals surface area contributed by atoms with E-state index in [1.54, 1.807) is 10.9 Å². The first-order valence-corrected chi connectivity index (χ1v) is 10.7. The SMILES string of the molecule is Cc1ccc2c(c1)c1ncn([C@@H](C)c3ccccc3)c(=O)c1n2Cc1ccc(Cl)cc1. The molecule has 3 aromatic carbocycles. The maximum atomic E-state index is 13.7. The third-order valence-corrected chi connectivity index (χ3v) is 6.15. The van der Waals surface area contributed by atoms with E-state index in [1.165, 1.54) is 0 Å². The van der Waals surface area contributed by atoms with Gasteiger partial charge in [-0.05, 0) is 49.2 Å². The maximum Gasteiger partial charge on any atom is 0.278 e. The van der Waals surface area contributed by atoms with Gasteiger partial charge in [0, 0.05) is 17.0 Å². The largest absolute Gasteiger partial charge is 0.330 e. The highest BCUT2D eigenvalue weighted by Crippen LogP contribution is 2.28. The van der Waals surface area contributed by atoms with Crippen molar-refractivity contribution in [2.75, 3.05) is 0 Å². The first kappa shape index (κ1) is 19.6. The minimum absolute atomic E-state index is 0.0378. The first-order valence-electron chi connectivity index (χ1n) is 10.3. The molecule has 0 aliphatic rings. The van der Waals surface area contributed by atoms with Crippen LogP contribution >= 0.6 is 11.6 Å².